The average Bonchev–Trinajstić information content (AvgIpc) is 2.43. The molecule has 1 unspecified atom stereocenters. The molecule has 124 valence electrons. The van der Waals surface area contributed by atoms with E-state index in [1.807, 2.05) is 19.1 Å². The van der Waals surface area contributed by atoms with E-state index in [-0.39, 0.29) is 24.4 Å². The Morgan fingerprint density at radius 1 is 1.45 bits per heavy atom. The van der Waals surface area contributed by atoms with Crippen LogP contribution in [0.5, 0.6) is 0 Å². The molecule has 0 bridgehead atoms. The molecule has 0 radical (unpaired) electrons. The first kappa shape index (κ1) is 19.2. The van der Waals surface area contributed by atoms with Crippen molar-refractivity contribution in [2.24, 2.45) is 11.7 Å². The second-order valence-electron chi connectivity index (χ2n) is 5.98. The van der Waals surface area contributed by atoms with E-state index in [2.05, 4.69) is 17.1 Å². The lowest BCUT2D eigenvalue weighted by Crippen LogP contribution is -2.42. The number of aryl methyl sites for hydroxylation is 1. The van der Waals surface area contributed by atoms with Gasteiger partial charge in [0.15, 0.2) is 0 Å². The number of nitrogens with two attached hydrogens (primary N) is 1. The number of rotatable bonds is 4. The highest BCUT2D eigenvalue weighted by Gasteiger charge is 2.23. The Morgan fingerprint density at radius 3 is 2.64 bits per heavy atom. The van der Waals surface area contributed by atoms with Crippen molar-refractivity contribution < 1.29 is 4.79 Å². The summed E-state index contributed by atoms with van der Waals surface area (Å²) in [4.78, 5) is 14.3. The molecule has 1 aromatic carbocycles. The molecule has 4 nitrogen and oxygen atoms in total. The number of benzene rings is 1. The van der Waals surface area contributed by atoms with Crippen LogP contribution in [0.4, 0.5) is 5.69 Å². The third-order valence-corrected chi connectivity index (χ3v) is 4.61. The number of nitrogens with one attached hydrogen (secondary N) is 1. The zero-order valence-corrected chi connectivity index (χ0v) is 14.7. The van der Waals surface area contributed by atoms with Crippen LogP contribution in [-0.2, 0) is 4.79 Å². The molecule has 1 saturated heterocycles. The Labute approximate surface area is 143 Å². The summed E-state index contributed by atoms with van der Waals surface area (Å²) in [5, 5.41) is 3.57. The third-order valence-electron chi connectivity index (χ3n) is 4.20. The predicted molar refractivity (Wildman–Crippen MR) is 94.9 cm³/mol. The van der Waals surface area contributed by atoms with Crippen molar-refractivity contribution in [3.8, 4) is 0 Å². The number of halogens is 2. The Morgan fingerprint density at radius 2 is 2.09 bits per heavy atom. The van der Waals surface area contributed by atoms with Crippen LogP contribution in [0.2, 0.25) is 5.02 Å². The monoisotopic (exact) mass is 345 g/mol. The van der Waals surface area contributed by atoms with Gasteiger partial charge in [0, 0.05) is 16.8 Å². The normalized spacial score (nSPS) is 17.6. The van der Waals surface area contributed by atoms with E-state index < -0.39 is 0 Å². The van der Waals surface area contributed by atoms with Crippen molar-refractivity contribution in [2.45, 2.75) is 32.7 Å². The van der Waals surface area contributed by atoms with Gasteiger partial charge in [-0.05, 0) is 63.4 Å². The van der Waals surface area contributed by atoms with Crippen LogP contribution < -0.4 is 11.1 Å². The summed E-state index contributed by atoms with van der Waals surface area (Å²) in [6.07, 6.45) is 2.14. The minimum atomic E-state index is 0. The fraction of sp³-hybridized carbons (Fsp3) is 0.562. The van der Waals surface area contributed by atoms with Crippen LogP contribution >= 0.6 is 24.0 Å². The molecule has 0 saturated carbocycles. The molecule has 1 aliphatic rings. The molecule has 2 rings (SSSR count). The average molecular weight is 346 g/mol. The number of piperidine rings is 1. The van der Waals surface area contributed by atoms with E-state index in [0.29, 0.717) is 17.5 Å². The summed E-state index contributed by atoms with van der Waals surface area (Å²) in [6.45, 7) is 6.31. The summed E-state index contributed by atoms with van der Waals surface area (Å²) < 4.78 is 0. The summed E-state index contributed by atoms with van der Waals surface area (Å²) >= 11 is 6.06. The lowest BCUT2D eigenvalue weighted by Gasteiger charge is -2.33. The molecular weight excluding hydrogens is 321 g/mol. The van der Waals surface area contributed by atoms with Crippen molar-refractivity contribution in [3.05, 3.63) is 28.8 Å². The first-order chi connectivity index (χ1) is 9.95. The van der Waals surface area contributed by atoms with E-state index in [1.54, 1.807) is 6.07 Å². The zero-order valence-electron chi connectivity index (χ0n) is 13.1. The van der Waals surface area contributed by atoms with Crippen molar-refractivity contribution >= 4 is 35.6 Å². The van der Waals surface area contributed by atoms with Gasteiger partial charge in [0.1, 0.15) is 0 Å². The van der Waals surface area contributed by atoms with Gasteiger partial charge in [-0.15, -0.1) is 12.4 Å². The number of nitrogens with zero attached hydrogens (tertiary/aromatic N) is 1. The van der Waals surface area contributed by atoms with E-state index in [0.717, 1.165) is 37.2 Å². The van der Waals surface area contributed by atoms with Gasteiger partial charge in [-0.1, -0.05) is 17.7 Å². The maximum absolute atomic E-state index is 12.1. The fourth-order valence-electron chi connectivity index (χ4n) is 2.71. The molecule has 1 aliphatic heterocycles. The molecule has 1 heterocycles. The highest BCUT2D eigenvalue weighted by Crippen LogP contribution is 2.21. The van der Waals surface area contributed by atoms with Crippen LogP contribution in [0.25, 0.3) is 0 Å². The largest absolute Gasteiger partial charge is 0.328 e. The second kappa shape index (κ2) is 8.73. The van der Waals surface area contributed by atoms with Gasteiger partial charge in [-0.2, -0.15) is 0 Å². The first-order valence-electron chi connectivity index (χ1n) is 7.49. The molecule has 1 fully saturated rings. The van der Waals surface area contributed by atoms with Gasteiger partial charge in [-0.25, -0.2) is 0 Å². The van der Waals surface area contributed by atoms with Gasteiger partial charge in [0.2, 0.25) is 5.91 Å². The number of carbonyl (C=O) groups is 1. The van der Waals surface area contributed by atoms with Crippen LogP contribution in [0.15, 0.2) is 18.2 Å². The zero-order chi connectivity index (χ0) is 15.4. The molecule has 0 spiro atoms. The summed E-state index contributed by atoms with van der Waals surface area (Å²) in [5.74, 6) is 0.592. The minimum Gasteiger partial charge on any atom is -0.328 e. The molecule has 6 heteroatoms. The number of hydrogen-bond donors (Lipinski definition) is 2. The van der Waals surface area contributed by atoms with Gasteiger partial charge in [0.25, 0.3) is 0 Å². The van der Waals surface area contributed by atoms with Crippen LogP contribution in [0.1, 0.15) is 25.3 Å². The molecule has 22 heavy (non-hydrogen) atoms. The standard InChI is InChI=1S/C16H24ClN3O.ClH/c1-11-3-4-14(9-15(11)17)19-16(21)10-20-7-5-13(6-8-20)12(2)18;/h3-4,9,12-13H,5-8,10,18H2,1-2H3,(H,19,21);1H. The van der Waals surface area contributed by atoms with Gasteiger partial charge in [0.05, 0.1) is 6.54 Å². The van der Waals surface area contributed by atoms with Crippen LogP contribution in [0.3, 0.4) is 0 Å². The summed E-state index contributed by atoms with van der Waals surface area (Å²) in [6, 6.07) is 5.82. The highest BCUT2D eigenvalue weighted by atomic mass is 35.5. The van der Waals surface area contributed by atoms with Gasteiger partial charge >= 0.3 is 0 Å². The van der Waals surface area contributed by atoms with E-state index in [4.69, 9.17) is 17.3 Å². The maximum Gasteiger partial charge on any atom is 0.238 e. The lowest BCUT2D eigenvalue weighted by atomic mass is 9.91. The third kappa shape index (κ3) is 5.43. The number of amides is 1. The SMILES string of the molecule is Cc1ccc(NC(=O)CN2CCC(C(C)N)CC2)cc1Cl.Cl. The second-order valence-corrected chi connectivity index (χ2v) is 6.39. The molecule has 1 aromatic rings. The smallest absolute Gasteiger partial charge is 0.238 e. The van der Waals surface area contributed by atoms with Crippen molar-refractivity contribution in [2.75, 3.05) is 25.0 Å². The summed E-state index contributed by atoms with van der Waals surface area (Å²) in [7, 11) is 0. The van der Waals surface area contributed by atoms with Crippen molar-refractivity contribution in [1.29, 1.82) is 0 Å². The summed E-state index contributed by atoms with van der Waals surface area (Å²) in [5.41, 5.74) is 7.69. The Hall–Kier alpha value is -0.810. The number of likely N-dealkylation sites (tertiary alicyclic amines) is 1. The predicted octanol–water partition coefficient (Wildman–Crippen LogP) is 3.07. The molecular formula is C16H25Cl2N3O. The Balaban J connectivity index is 0.00000242. The molecule has 0 aromatic heterocycles. The number of hydrogen-bond acceptors (Lipinski definition) is 3. The van der Waals surface area contributed by atoms with Crippen molar-refractivity contribution in [3.63, 3.8) is 0 Å². The molecule has 1 amide bonds. The van der Waals surface area contributed by atoms with Gasteiger partial charge < -0.3 is 11.1 Å². The first-order valence-corrected chi connectivity index (χ1v) is 7.87. The molecule has 1 atom stereocenters. The topological polar surface area (TPSA) is 58.4 Å². The van der Waals surface area contributed by atoms with Gasteiger partial charge in [-0.3, -0.25) is 9.69 Å². The van der Waals surface area contributed by atoms with Crippen molar-refractivity contribution in [1.82, 2.24) is 4.90 Å². The molecule has 0 aliphatic carbocycles. The Bertz CT molecular complexity index is 500. The highest BCUT2D eigenvalue weighted by molar-refractivity contribution is 6.31. The van der Waals surface area contributed by atoms with E-state index in [9.17, 15) is 4.79 Å². The lowest BCUT2D eigenvalue weighted by molar-refractivity contribution is -0.117. The molecule has 3 N–H and O–H groups in total. The maximum atomic E-state index is 12.1. The minimum absolute atomic E-state index is 0. The van der Waals surface area contributed by atoms with E-state index in [1.165, 1.54) is 0 Å². The van der Waals surface area contributed by atoms with E-state index >= 15 is 0 Å². The van der Waals surface area contributed by atoms with Crippen LogP contribution in [0, 0.1) is 12.8 Å². The Kier molecular flexibility index (Phi) is 7.63. The fourth-order valence-corrected chi connectivity index (χ4v) is 2.89. The number of carbonyl (C=O) groups excluding carboxylic acids is 1. The number of anilines is 1. The quantitative estimate of drug-likeness (QED) is 0.881. The van der Waals surface area contributed by atoms with Crippen LogP contribution in [-0.4, -0.2) is 36.5 Å².